The molecule has 0 bridgehead atoms. The van der Waals surface area contributed by atoms with Crippen molar-refractivity contribution in [2.24, 2.45) is 0 Å². The summed E-state index contributed by atoms with van der Waals surface area (Å²) >= 11 is 1.66. The number of nitrogens with one attached hydrogen (secondary N) is 2. The Hall–Kier alpha value is -0.660. The molecule has 0 aromatic heterocycles. The molecule has 0 unspecified atom stereocenters. The number of carbonyl (C=O) groups is 1. The molecule has 14 heavy (non-hydrogen) atoms. The fourth-order valence-electron chi connectivity index (χ4n) is 0.908. The van der Waals surface area contributed by atoms with Gasteiger partial charge in [-0.1, -0.05) is 5.92 Å². The Morgan fingerprint density at radius 2 is 2.29 bits per heavy atom. The van der Waals surface area contributed by atoms with Crippen LogP contribution in [0.25, 0.3) is 0 Å². The predicted molar refractivity (Wildman–Crippen MR) is 62.3 cm³/mol. The first-order valence-corrected chi connectivity index (χ1v) is 5.89. The maximum atomic E-state index is 11.2. The summed E-state index contributed by atoms with van der Waals surface area (Å²) in [6, 6.07) is 0. The fraction of sp³-hybridized carbons (Fsp3) is 0.700. The van der Waals surface area contributed by atoms with Crippen LogP contribution in [0.4, 0.5) is 0 Å². The summed E-state index contributed by atoms with van der Waals surface area (Å²) in [6.07, 6.45) is 6.57. The molecule has 0 heterocycles. The molecule has 0 aliphatic rings. The number of amides is 1. The molecule has 0 radical (unpaired) electrons. The van der Waals surface area contributed by atoms with E-state index in [9.17, 15) is 4.79 Å². The van der Waals surface area contributed by atoms with Crippen molar-refractivity contribution >= 4 is 17.7 Å². The van der Waals surface area contributed by atoms with Gasteiger partial charge in [0.15, 0.2) is 0 Å². The van der Waals surface area contributed by atoms with Crippen molar-refractivity contribution < 1.29 is 4.79 Å². The van der Waals surface area contributed by atoms with E-state index in [1.165, 1.54) is 0 Å². The van der Waals surface area contributed by atoms with Crippen LogP contribution < -0.4 is 10.6 Å². The number of terminal acetylenes is 1. The van der Waals surface area contributed by atoms with Gasteiger partial charge in [0, 0.05) is 18.7 Å². The fourth-order valence-corrected chi connectivity index (χ4v) is 1.42. The lowest BCUT2D eigenvalue weighted by Crippen LogP contribution is -2.26. The highest BCUT2D eigenvalue weighted by Gasteiger charge is 1.98. The largest absolute Gasteiger partial charge is 0.355 e. The SMILES string of the molecule is C#CCSCCNC(=O)CCCNC. The highest BCUT2D eigenvalue weighted by molar-refractivity contribution is 7.99. The molecule has 2 N–H and O–H groups in total. The van der Waals surface area contributed by atoms with Crippen molar-refractivity contribution in [3.8, 4) is 12.3 Å². The van der Waals surface area contributed by atoms with Crippen LogP contribution in [0.1, 0.15) is 12.8 Å². The van der Waals surface area contributed by atoms with Crippen molar-refractivity contribution in [2.45, 2.75) is 12.8 Å². The van der Waals surface area contributed by atoms with Gasteiger partial charge in [-0.2, -0.15) is 0 Å². The molecule has 0 rings (SSSR count). The lowest BCUT2D eigenvalue weighted by atomic mass is 10.3. The molecular weight excluding hydrogens is 196 g/mol. The van der Waals surface area contributed by atoms with Crippen LogP contribution in [-0.4, -0.2) is 37.6 Å². The smallest absolute Gasteiger partial charge is 0.220 e. The molecule has 0 aliphatic heterocycles. The molecule has 4 heteroatoms. The molecule has 3 nitrogen and oxygen atoms in total. The molecule has 0 atom stereocenters. The van der Waals surface area contributed by atoms with Gasteiger partial charge in [0.05, 0.1) is 5.75 Å². The standard InChI is InChI=1S/C10H18N2OS/c1-3-8-14-9-7-12-10(13)5-4-6-11-2/h1,11H,4-9H2,2H3,(H,12,13). The van der Waals surface area contributed by atoms with Gasteiger partial charge >= 0.3 is 0 Å². The van der Waals surface area contributed by atoms with E-state index in [2.05, 4.69) is 16.6 Å². The normalized spacial score (nSPS) is 9.43. The molecule has 0 spiro atoms. The molecule has 0 saturated heterocycles. The molecule has 0 aliphatic carbocycles. The minimum atomic E-state index is 0.126. The average molecular weight is 214 g/mol. The molecule has 0 aromatic rings. The van der Waals surface area contributed by atoms with Crippen LogP contribution in [0.15, 0.2) is 0 Å². The van der Waals surface area contributed by atoms with Crippen LogP contribution >= 0.6 is 11.8 Å². The third kappa shape index (κ3) is 9.43. The van der Waals surface area contributed by atoms with Crippen LogP contribution in [0.5, 0.6) is 0 Å². The maximum absolute atomic E-state index is 11.2. The van der Waals surface area contributed by atoms with Gasteiger partial charge in [-0.15, -0.1) is 18.2 Å². The summed E-state index contributed by atoms with van der Waals surface area (Å²) < 4.78 is 0. The highest BCUT2D eigenvalue weighted by Crippen LogP contribution is 1.95. The van der Waals surface area contributed by atoms with Gasteiger partial charge in [-0.25, -0.2) is 0 Å². The Labute approximate surface area is 90.4 Å². The van der Waals surface area contributed by atoms with E-state index in [0.717, 1.165) is 24.5 Å². The van der Waals surface area contributed by atoms with Crippen LogP contribution in [0.3, 0.4) is 0 Å². The number of thioether (sulfide) groups is 1. The second-order valence-electron chi connectivity index (χ2n) is 2.81. The van der Waals surface area contributed by atoms with Gasteiger partial charge in [0.1, 0.15) is 0 Å². The number of hydrogen-bond donors (Lipinski definition) is 2. The van der Waals surface area contributed by atoms with Crippen LogP contribution in [-0.2, 0) is 4.79 Å². The molecule has 0 fully saturated rings. The zero-order chi connectivity index (χ0) is 10.6. The molecule has 0 saturated carbocycles. The van der Waals surface area contributed by atoms with E-state index in [1.807, 2.05) is 7.05 Å². The number of rotatable bonds is 8. The summed E-state index contributed by atoms with van der Waals surface area (Å²) in [5, 5.41) is 5.85. The third-order valence-corrected chi connectivity index (χ3v) is 2.45. The summed E-state index contributed by atoms with van der Waals surface area (Å²) in [6.45, 7) is 1.60. The van der Waals surface area contributed by atoms with Crippen LogP contribution in [0, 0.1) is 12.3 Å². The summed E-state index contributed by atoms with van der Waals surface area (Å²) in [5.41, 5.74) is 0. The molecule has 1 amide bonds. The Balaban J connectivity index is 3.15. The van der Waals surface area contributed by atoms with E-state index in [0.29, 0.717) is 13.0 Å². The summed E-state index contributed by atoms with van der Waals surface area (Å²) in [7, 11) is 1.88. The van der Waals surface area contributed by atoms with E-state index >= 15 is 0 Å². The Morgan fingerprint density at radius 3 is 2.93 bits per heavy atom. The average Bonchev–Trinajstić information content (AvgIpc) is 2.18. The van der Waals surface area contributed by atoms with Crippen molar-refractivity contribution in [3.05, 3.63) is 0 Å². The van der Waals surface area contributed by atoms with Gasteiger partial charge < -0.3 is 10.6 Å². The minimum absolute atomic E-state index is 0.126. The zero-order valence-electron chi connectivity index (χ0n) is 8.64. The highest BCUT2D eigenvalue weighted by atomic mass is 32.2. The van der Waals surface area contributed by atoms with Crippen molar-refractivity contribution in [1.82, 2.24) is 10.6 Å². The first-order chi connectivity index (χ1) is 6.81. The molecule has 80 valence electrons. The predicted octanol–water partition coefficient (Wildman–Crippen LogP) is 0.469. The zero-order valence-corrected chi connectivity index (χ0v) is 9.45. The third-order valence-electron chi connectivity index (χ3n) is 1.58. The molecular formula is C10H18N2OS. The quantitative estimate of drug-likeness (QED) is 0.456. The first kappa shape index (κ1) is 13.3. The Bertz CT molecular complexity index is 189. The van der Waals surface area contributed by atoms with E-state index in [-0.39, 0.29) is 5.91 Å². The number of hydrogen-bond acceptors (Lipinski definition) is 3. The second kappa shape index (κ2) is 10.4. The first-order valence-electron chi connectivity index (χ1n) is 4.73. The van der Waals surface area contributed by atoms with Crippen molar-refractivity contribution in [1.29, 1.82) is 0 Å². The van der Waals surface area contributed by atoms with Gasteiger partial charge in [0.2, 0.25) is 5.91 Å². The van der Waals surface area contributed by atoms with E-state index < -0.39 is 0 Å². The van der Waals surface area contributed by atoms with Crippen molar-refractivity contribution in [2.75, 3.05) is 31.6 Å². The van der Waals surface area contributed by atoms with Gasteiger partial charge in [-0.05, 0) is 20.0 Å². The minimum Gasteiger partial charge on any atom is -0.355 e. The van der Waals surface area contributed by atoms with Crippen molar-refractivity contribution in [3.63, 3.8) is 0 Å². The molecule has 0 aromatic carbocycles. The topological polar surface area (TPSA) is 41.1 Å². The van der Waals surface area contributed by atoms with Crippen LogP contribution in [0.2, 0.25) is 0 Å². The lowest BCUT2D eigenvalue weighted by Gasteiger charge is -2.03. The second-order valence-corrected chi connectivity index (χ2v) is 3.92. The summed E-state index contributed by atoms with van der Waals surface area (Å²) in [4.78, 5) is 11.2. The monoisotopic (exact) mass is 214 g/mol. The van der Waals surface area contributed by atoms with Gasteiger partial charge in [0.25, 0.3) is 0 Å². The van der Waals surface area contributed by atoms with E-state index in [4.69, 9.17) is 6.42 Å². The van der Waals surface area contributed by atoms with Gasteiger partial charge in [-0.3, -0.25) is 4.79 Å². The Kier molecular flexibility index (Phi) is 9.93. The number of carbonyl (C=O) groups excluding carboxylic acids is 1. The Morgan fingerprint density at radius 1 is 1.50 bits per heavy atom. The van der Waals surface area contributed by atoms with E-state index in [1.54, 1.807) is 11.8 Å². The lowest BCUT2D eigenvalue weighted by molar-refractivity contribution is -0.121. The maximum Gasteiger partial charge on any atom is 0.220 e. The summed E-state index contributed by atoms with van der Waals surface area (Å²) in [5.74, 6) is 4.27.